The molecule has 26 heavy (non-hydrogen) atoms. The fraction of sp³-hybridized carbons (Fsp3) is 0.600. The van der Waals surface area contributed by atoms with Crippen LogP contribution >= 0.6 is 0 Å². The summed E-state index contributed by atoms with van der Waals surface area (Å²) < 4.78 is 0. The minimum atomic E-state index is 0.800. The van der Waals surface area contributed by atoms with Crippen molar-refractivity contribution in [3.8, 4) is 0 Å². The molecule has 0 unspecified atom stereocenters. The molecule has 0 fully saturated rings. The molecule has 0 bridgehead atoms. The topological polar surface area (TPSA) is 75.6 Å². The number of rotatable bonds is 4. The Labute approximate surface area is 155 Å². The molecule has 2 aromatic heterocycles. The molecule has 4 rings (SSSR count). The Balaban J connectivity index is 1.47. The third kappa shape index (κ3) is 3.70. The van der Waals surface area contributed by atoms with Gasteiger partial charge in [0, 0.05) is 42.9 Å². The summed E-state index contributed by atoms with van der Waals surface area (Å²) in [7, 11) is 0. The fourth-order valence-electron chi connectivity index (χ4n) is 4.06. The molecule has 138 valence electrons. The number of hydrogen-bond acceptors (Lipinski definition) is 6. The van der Waals surface area contributed by atoms with Gasteiger partial charge in [0.1, 0.15) is 17.5 Å². The molecular weight excluding hydrogens is 324 g/mol. The van der Waals surface area contributed by atoms with Gasteiger partial charge in [-0.15, -0.1) is 0 Å². The maximum Gasteiger partial charge on any atom is 0.133 e. The molecule has 2 N–H and O–H groups in total. The lowest BCUT2D eigenvalue weighted by molar-refractivity contribution is 0.647. The highest BCUT2D eigenvalue weighted by Gasteiger charge is 2.17. The van der Waals surface area contributed by atoms with E-state index in [4.69, 9.17) is 9.97 Å². The second-order valence-corrected chi connectivity index (χ2v) is 7.33. The van der Waals surface area contributed by atoms with E-state index >= 15 is 0 Å². The van der Waals surface area contributed by atoms with Gasteiger partial charge in [0.05, 0.1) is 5.69 Å². The molecule has 0 atom stereocenters. The van der Waals surface area contributed by atoms with Gasteiger partial charge in [-0.1, -0.05) is 0 Å². The van der Waals surface area contributed by atoms with Gasteiger partial charge in [-0.25, -0.2) is 19.9 Å². The van der Waals surface area contributed by atoms with Crippen LogP contribution in [0.5, 0.6) is 0 Å². The van der Waals surface area contributed by atoms with Gasteiger partial charge in [0.25, 0.3) is 0 Å². The van der Waals surface area contributed by atoms with Crippen LogP contribution in [0.1, 0.15) is 52.7 Å². The SMILES string of the molecule is Cc1nc2c(c(NCCc3nc(C)c4c(n3)CCCC4)n1)CCNCC2. The van der Waals surface area contributed by atoms with Crippen molar-refractivity contribution in [3.63, 3.8) is 0 Å². The Morgan fingerprint density at radius 2 is 1.65 bits per heavy atom. The van der Waals surface area contributed by atoms with Crippen LogP contribution in [0.15, 0.2) is 0 Å². The normalized spacial score (nSPS) is 16.5. The van der Waals surface area contributed by atoms with Gasteiger partial charge in [-0.3, -0.25) is 0 Å². The molecule has 6 heteroatoms. The summed E-state index contributed by atoms with van der Waals surface area (Å²) in [5, 5.41) is 6.97. The highest BCUT2D eigenvalue weighted by molar-refractivity contribution is 5.47. The molecule has 3 heterocycles. The molecule has 0 amide bonds. The van der Waals surface area contributed by atoms with E-state index in [0.717, 1.165) is 69.2 Å². The summed E-state index contributed by atoms with van der Waals surface area (Å²) in [6.07, 6.45) is 7.54. The van der Waals surface area contributed by atoms with E-state index < -0.39 is 0 Å². The summed E-state index contributed by atoms with van der Waals surface area (Å²) in [5.41, 5.74) is 6.28. The number of nitrogens with zero attached hydrogens (tertiary/aromatic N) is 4. The molecule has 0 aromatic carbocycles. The number of anilines is 1. The zero-order valence-electron chi connectivity index (χ0n) is 15.9. The van der Waals surface area contributed by atoms with Gasteiger partial charge in [0.2, 0.25) is 0 Å². The van der Waals surface area contributed by atoms with E-state index in [0.29, 0.717) is 0 Å². The number of nitrogens with one attached hydrogen (secondary N) is 2. The van der Waals surface area contributed by atoms with Gasteiger partial charge in [-0.05, 0) is 58.1 Å². The molecule has 1 aliphatic carbocycles. The molecule has 0 saturated carbocycles. The first-order valence-corrected chi connectivity index (χ1v) is 9.87. The molecule has 0 spiro atoms. The zero-order chi connectivity index (χ0) is 17.9. The molecule has 0 saturated heterocycles. The number of fused-ring (bicyclic) bond motifs is 2. The lowest BCUT2D eigenvalue weighted by Gasteiger charge is -2.18. The van der Waals surface area contributed by atoms with Gasteiger partial charge >= 0.3 is 0 Å². The van der Waals surface area contributed by atoms with E-state index in [1.54, 1.807) is 0 Å². The first-order chi connectivity index (χ1) is 12.7. The van der Waals surface area contributed by atoms with Crippen molar-refractivity contribution in [2.24, 2.45) is 0 Å². The summed E-state index contributed by atoms with van der Waals surface area (Å²) in [5.74, 6) is 2.79. The van der Waals surface area contributed by atoms with Crippen molar-refractivity contribution in [1.82, 2.24) is 25.3 Å². The second-order valence-electron chi connectivity index (χ2n) is 7.33. The second kappa shape index (κ2) is 7.66. The monoisotopic (exact) mass is 352 g/mol. The van der Waals surface area contributed by atoms with E-state index in [1.807, 2.05) is 6.92 Å². The number of aromatic nitrogens is 4. The Kier molecular flexibility index (Phi) is 5.11. The average molecular weight is 352 g/mol. The molecule has 0 radical (unpaired) electrons. The van der Waals surface area contributed by atoms with Crippen LogP contribution in [0.3, 0.4) is 0 Å². The highest BCUT2D eigenvalue weighted by atomic mass is 15.0. The van der Waals surface area contributed by atoms with E-state index in [2.05, 4.69) is 27.5 Å². The quantitative estimate of drug-likeness (QED) is 0.878. The minimum Gasteiger partial charge on any atom is -0.369 e. The third-order valence-electron chi connectivity index (χ3n) is 5.37. The van der Waals surface area contributed by atoms with Crippen molar-refractivity contribution in [2.75, 3.05) is 25.0 Å². The summed E-state index contributed by atoms with van der Waals surface area (Å²) in [6.45, 7) is 6.88. The first-order valence-electron chi connectivity index (χ1n) is 9.87. The zero-order valence-corrected chi connectivity index (χ0v) is 15.9. The molecule has 2 aromatic rings. The van der Waals surface area contributed by atoms with Gasteiger partial charge in [0.15, 0.2) is 0 Å². The lowest BCUT2D eigenvalue weighted by Crippen LogP contribution is -2.17. The maximum atomic E-state index is 4.83. The minimum absolute atomic E-state index is 0.800. The van der Waals surface area contributed by atoms with Crippen LogP contribution in [0, 0.1) is 13.8 Å². The number of aryl methyl sites for hydroxylation is 3. The van der Waals surface area contributed by atoms with E-state index in [-0.39, 0.29) is 0 Å². The van der Waals surface area contributed by atoms with Crippen molar-refractivity contribution in [3.05, 3.63) is 39.9 Å². The maximum absolute atomic E-state index is 4.83. The third-order valence-corrected chi connectivity index (χ3v) is 5.37. The smallest absolute Gasteiger partial charge is 0.133 e. The van der Waals surface area contributed by atoms with Gasteiger partial charge < -0.3 is 10.6 Å². The van der Waals surface area contributed by atoms with E-state index in [9.17, 15) is 0 Å². The van der Waals surface area contributed by atoms with Gasteiger partial charge in [-0.2, -0.15) is 0 Å². The van der Waals surface area contributed by atoms with Crippen LogP contribution in [-0.2, 0) is 32.1 Å². The fourth-order valence-corrected chi connectivity index (χ4v) is 4.06. The summed E-state index contributed by atoms with van der Waals surface area (Å²) in [6, 6.07) is 0. The Hall–Kier alpha value is -2.08. The molecular formula is C20H28N6. The van der Waals surface area contributed by atoms with Crippen LogP contribution in [0.25, 0.3) is 0 Å². The van der Waals surface area contributed by atoms with Crippen molar-refractivity contribution in [2.45, 2.75) is 58.8 Å². The Bertz CT molecular complexity index is 801. The summed E-state index contributed by atoms with van der Waals surface area (Å²) >= 11 is 0. The largest absolute Gasteiger partial charge is 0.369 e. The van der Waals surface area contributed by atoms with Crippen molar-refractivity contribution >= 4 is 5.82 Å². The van der Waals surface area contributed by atoms with Crippen LogP contribution in [0.4, 0.5) is 5.82 Å². The first kappa shape index (κ1) is 17.3. The van der Waals surface area contributed by atoms with Crippen LogP contribution in [0.2, 0.25) is 0 Å². The number of hydrogen-bond donors (Lipinski definition) is 2. The van der Waals surface area contributed by atoms with Crippen molar-refractivity contribution < 1.29 is 0 Å². The standard InChI is InChI=1S/C20H28N6/c1-13-15-5-3-4-6-17(15)26-19(23-13)9-12-22-20-16-7-10-21-11-8-18(16)24-14(2)25-20/h21H,3-12H2,1-2H3,(H,22,24,25). The molecule has 6 nitrogen and oxygen atoms in total. The predicted molar refractivity (Wildman–Crippen MR) is 103 cm³/mol. The summed E-state index contributed by atoms with van der Waals surface area (Å²) in [4.78, 5) is 18.9. The predicted octanol–water partition coefficient (Wildman–Crippen LogP) is 2.11. The van der Waals surface area contributed by atoms with Crippen LogP contribution in [-0.4, -0.2) is 39.6 Å². The Morgan fingerprint density at radius 1 is 0.846 bits per heavy atom. The molecule has 1 aliphatic heterocycles. The van der Waals surface area contributed by atoms with Crippen molar-refractivity contribution in [1.29, 1.82) is 0 Å². The lowest BCUT2D eigenvalue weighted by atomic mass is 9.95. The highest BCUT2D eigenvalue weighted by Crippen LogP contribution is 2.22. The van der Waals surface area contributed by atoms with Crippen LogP contribution < -0.4 is 10.6 Å². The Morgan fingerprint density at radius 3 is 2.58 bits per heavy atom. The molecule has 2 aliphatic rings. The van der Waals surface area contributed by atoms with E-state index in [1.165, 1.54) is 41.1 Å². The average Bonchev–Trinajstić information content (AvgIpc) is 2.87.